The first-order chi connectivity index (χ1) is 4.72. The first-order valence-electron chi connectivity index (χ1n) is 4.24. The maximum atomic E-state index is 11.2. The summed E-state index contributed by atoms with van der Waals surface area (Å²) < 4.78 is 0. The summed E-state index contributed by atoms with van der Waals surface area (Å²) in [4.78, 5) is 11.2. The molecule has 2 unspecified atom stereocenters. The lowest BCUT2D eigenvalue weighted by Crippen LogP contribution is -2.15. The van der Waals surface area contributed by atoms with Crippen LogP contribution in [0.5, 0.6) is 0 Å². The fourth-order valence-corrected chi connectivity index (χ4v) is 1.56. The van der Waals surface area contributed by atoms with E-state index in [2.05, 4.69) is 13.8 Å². The van der Waals surface area contributed by atoms with Crippen LogP contribution in [0.25, 0.3) is 0 Å². The third-order valence-corrected chi connectivity index (χ3v) is 2.69. The highest BCUT2D eigenvalue weighted by molar-refractivity contribution is 5.81. The van der Waals surface area contributed by atoms with E-state index in [4.69, 9.17) is 0 Å². The topological polar surface area (TPSA) is 17.1 Å². The van der Waals surface area contributed by atoms with Crippen LogP contribution in [0.2, 0.25) is 0 Å². The van der Waals surface area contributed by atoms with Gasteiger partial charge in [-0.2, -0.15) is 0 Å². The van der Waals surface area contributed by atoms with Crippen LogP contribution < -0.4 is 0 Å². The summed E-state index contributed by atoms with van der Waals surface area (Å²) in [6.07, 6.45) is 4.43. The van der Waals surface area contributed by atoms with Gasteiger partial charge in [0.05, 0.1) is 0 Å². The summed E-state index contributed by atoms with van der Waals surface area (Å²) in [6.45, 7) is 4.26. The van der Waals surface area contributed by atoms with E-state index in [1.54, 1.807) is 0 Å². The first kappa shape index (κ1) is 7.77. The maximum absolute atomic E-state index is 11.2. The predicted octanol–water partition coefficient (Wildman–Crippen LogP) is 2.40. The molecule has 0 aromatic carbocycles. The summed E-state index contributed by atoms with van der Waals surface area (Å²) in [5, 5.41) is 0. The van der Waals surface area contributed by atoms with Crippen molar-refractivity contribution in [1.29, 1.82) is 0 Å². The van der Waals surface area contributed by atoms with Crippen molar-refractivity contribution in [2.24, 2.45) is 11.8 Å². The van der Waals surface area contributed by atoms with Gasteiger partial charge in [0.2, 0.25) is 0 Å². The van der Waals surface area contributed by atoms with Gasteiger partial charge in [0, 0.05) is 12.3 Å². The fourth-order valence-electron chi connectivity index (χ4n) is 1.56. The van der Waals surface area contributed by atoms with Crippen LogP contribution in [-0.4, -0.2) is 5.78 Å². The Morgan fingerprint density at radius 3 is 2.70 bits per heavy atom. The Hall–Kier alpha value is -0.330. The molecule has 0 N–H and O–H groups in total. The quantitative estimate of drug-likeness (QED) is 0.472. The number of Topliss-reactive ketones (excluding diaryl/α,β-unsaturated/α-hetero) is 1. The molecular weight excluding hydrogens is 124 g/mol. The Labute approximate surface area is 62.8 Å². The third-order valence-electron chi connectivity index (χ3n) is 2.69. The molecule has 1 fully saturated rings. The Morgan fingerprint density at radius 2 is 2.00 bits per heavy atom. The molecule has 0 heterocycles. The summed E-state index contributed by atoms with van der Waals surface area (Å²) in [5.41, 5.74) is 0. The molecule has 0 amide bonds. The number of carbonyl (C=O) groups excluding carboxylic acids is 1. The van der Waals surface area contributed by atoms with Gasteiger partial charge in [0.15, 0.2) is 0 Å². The molecule has 0 bridgehead atoms. The molecule has 0 aromatic heterocycles. The Morgan fingerprint density at radius 1 is 1.30 bits per heavy atom. The van der Waals surface area contributed by atoms with Crippen LogP contribution in [0, 0.1) is 11.8 Å². The monoisotopic (exact) mass is 140 g/mol. The third kappa shape index (κ3) is 1.59. The molecule has 1 nitrogen and oxygen atoms in total. The summed E-state index contributed by atoms with van der Waals surface area (Å²) in [6, 6.07) is 0. The van der Waals surface area contributed by atoms with E-state index in [1.165, 1.54) is 12.8 Å². The van der Waals surface area contributed by atoms with Crippen molar-refractivity contribution >= 4 is 5.78 Å². The summed E-state index contributed by atoms with van der Waals surface area (Å²) in [7, 11) is 0. The highest BCUT2D eigenvalue weighted by Gasteiger charge is 2.21. The van der Waals surface area contributed by atoms with Gasteiger partial charge in [-0.3, -0.25) is 4.79 Å². The number of ketones is 1. The van der Waals surface area contributed by atoms with Crippen molar-refractivity contribution in [3.8, 4) is 0 Å². The van der Waals surface area contributed by atoms with Crippen molar-refractivity contribution < 1.29 is 4.79 Å². The average Bonchev–Trinajstić information content (AvgIpc) is 2.04. The standard InChI is InChI=1S/C9H16O/c1-7-5-3-4-6-9(10)8(7)2/h7-8H,3-6H2,1-2H3. The lowest BCUT2D eigenvalue weighted by atomic mass is 9.91. The highest BCUT2D eigenvalue weighted by Crippen LogP contribution is 2.24. The molecule has 1 aliphatic carbocycles. The fraction of sp³-hybridized carbons (Fsp3) is 0.889. The van der Waals surface area contributed by atoms with E-state index in [0.717, 1.165) is 12.8 Å². The Balaban J connectivity index is 2.55. The molecule has 0 aliphatic heterocycles. The van der Waals surface area contributed by atoms with Gasteiger partial charge in [-0.05, 0) is 12.3 Å². The van der Waals surface area contributed by atoms with Crippen LogP contribution in [-0.2, 0) is 4.79 Å². The lowest BCUT2D eigenvalue weighted by Gasteiger charge is -2.13. The molecule has 58 valence electrons. The zero-order chi connectivity index (χ0) is 7.56. The van der Waals surface area contributed by atoms with Crippen LogP contribution in [0.3, 0.4) is 0 Å². The maximum Gasteiger partial charge on any atom is 0.135 e. The van der Waals surface area contributed by atoms with E-state index < -0.39 is 0 Å². The molecule has 0 aromatic rings. The number of carbonyl (C=O) groups is 1. The molecule has 0 spiro atoms. The second kappa shape index (κ2) is 3.18. The molecule has 0 radical (unpaired) electrons. The highest BCUT2D eigenvalue weighted by atomic mass is 16.1. The van der Waals surface area contributed by atoms with E-state index in [0.29, 0.717) is 17.6 Å². The van der Waals surface area contributed by atoms with Gasteiger partial charge in [-0.1, -0.05) is 26.7 Å². The molecule has 1 heteroatoms. The van der Waals surface area contributed by atoms with Crippen molar-refractivity contribution in [3.63, 3.8) is 0 Å². The summed E-state index contributed by atoms with van der Waals surface area (Å²) >= 11 is 0. The van der Waals surface area contributed by atoms with Gasteiger partial charge in [-0.15, -0.1) is 0 Å². The second-order valence-electron chi connectivity index (χ2n) is 3.48. The van der Waals surface area contributed by atoms with Crippen molar-refractivity contribution in [2.45, 2.75) is 39.5 Å². The van der Waals surface area contributed by atoms with Gasteiger partial charge in [0.25, 0.3) is 0 Å². The Kier molecular flexibility index (Phi) is 2.47. The normalized spacial score (nSPS) is 35.6. The lowest BCUT2D eigenvalue weighted by molar-refractivity contribution is -0.123. The van der Waals surface area contributed by atoms with Gasteiger partial charge in [-0.25, -0.2) is 0 Å². The van der Waals surface area contributed by atoms with Crippen molar-refractivity contribution in [1.82, 2.24) is 0 Å². The smallest absolute Gasteiger partial charge is 0.135 e. The van der Waals surface area contributed by atoms with Crippen LogP contribution in [0.15, 0.2) is 0 Å². The van der Waals surface area contributed by atoms with Gasteiger partial charge >= 0.3 is 0 Å². The molecule has 0 saturated heterocycles. The average molecular weight is 140 g/mol. The molecule has 1 saturated carbocycles. The molecule has 1 rings (SSSR count). The zero-order valence-corrected chi connectivity index (χ0v) is 6.89. The molecular formula is C9H16O. The first-order valence-corrected chi connectivity index (χ1v) is 4.24. The van der Waals surface area contributed by atoms with E-state index >= 15 is 0 Å². The minimum absolute atomic E-state index is 0.322. The SMILES string of the molecule is CC1CCCCC(=O)C1C. The molecule has 2 atom stereocenters. The molecule has 1 aliphatic rings. The second-order valence-corrected chi connectivity index (χ2v) is 3.48. The van der Waals surface area contributed by atoms with Crippen LogP contribution in [0.1, 0.15) is 39.5 Å². The number of hydrogen-bond donors (Lipinski definition) is 0. The van der Waals surface area contributed by atoms with E-state index in [1.807, 2.05) is 0 Å². The number of hydrogen-bond acceptors (Lipinski definition) is 1. The van der Waals surface area contributed by atoms with Crippen molar-refractivity contribution in [2.75, 3.05) is 0 Å². The molecule has 10 heavy (non-hydrogen) atoms. The van der Waals surface area contributed by atoms with E-state index in [-0.39, 0.29) is 0 Å². The van der Waals surface area contributed by atoms with Gasteiger partial charge < -0.3 is 0 Å². The minimum atomic E-state index is 0.322. The van der Waals surface area contributed by atoms with Crippen molar-refractivity contribution in [3.05, 3.63) is 0 Å². The summed E-state index contributed by atoms with van der Waals surface area (Å²) in [5.74, 6) is 1.42. The van der Waals surface area contributed by atoms with Gasteiger partial charge in [0.1, 0.15) is 5.78 Å². The minimum Gasteiger partial charge on any atom is -0.299 e. The largest absolute Gasteiger partial charge is 0.299 e. The zero-order valence-electron chi connectivity index (χ0n) is 6.89. The predicted molar refractivity (Wildman–Crippen MR) is 41.8 cm³/mol. The van der Waals surface area contributed by atoms with Crippen LogP contribution in [0.4, 0.5) is 0 Å². The Bertz CT molecular complexity index is 129. The number of rotatable bonds is 0. The van der Waals surface area contributed by atoms with E-state index in [9.17, 15) is 4.79 Å². The van der Waals surface area contributed by atoms with Crippen LogP contribution >= 0.6 is 0 Å².